The summed E-state index contributed by atoms with van der Waals surface area (Å²) in [5, 5.41) is 5.45. The van der Waals surface area contributed by atoms with Crippen LogP contribution in [0.4, 0.5) is 0 Å². The Hall–Kier alpha value is -2.69. The Balaban J connectivity index is 2.08. The molecule has 0 saturated heterocycles. The normalized spacial score (nSPS) is 11.5. The fourth-order valence-electron chi connectivity index (χ4n) is 2.57. The molecule has 5 nitrogen and oxygen atoms in total. The van der Waals surface area contributed by atoms with E-state index in [1.165, 1.54) is 17.3 Å². The average Bonchev–Trinajstić information content (AvgIpc) is 3.03. The monoisotopic (exact) mass is 263 g/mol. The zero-order chi connectivity index (χ0) is 13.7. The molecule has 20 heavy (non-hydrogen) atoms. The third kappa shape index (κ3) is 1.53. The van der Waals surface area contributed by atoms with Crippen LogP contribution in [0.3, 0.4) is 0 Å². The van der Waals surface area contributed by atoms with Gasteiger partial charge in [-0.05, 0) is 31.5 Å². The number of fused-ring (bicyclic) bond motifs is 2. The van der Waals surface area contributed by atoms with E-state index in [9.17, 15) is 0 Å². The number of rotatable bonds is 1. The third-order valence-corrected chi connectivity index (χ3v) is 3.49. The fourth-order valence-corrected chi connectivity index (χ4v) is 2.57. The number of H-pyrrole nitrogens is 1. The van der Waals surface area contributed by atoms with Crippen molar-refractivity contribution >= 4 is 16.7 Å². The number of benzene rings is 1. The average molecular weight is 263 g/mol. The van der Waals surface area contributed by atoms with E-state index in [4.69, 9.17) is 0 Å². The molecule has 0 radical (unpaired) electrons. The van der Waals surface area contributed by atoms with Gasteiger partial charge >= 0.3 is 0 Å². The molecule has 0 aliphatic rings. The number of nitrogens with one attached hydrogen (secondary N) is 1. The second-order valence-electron chi connectivity index (χ2n) is 5.01. The van der Waals surface area contributed by atoms with Gasteiger partial charge < -0.3 is 4.98 Å². The molecule has 3 heterocycles. The van der Waals surface area contributed by atoms with Crippen LogP contribution < -0.4 is 0 Å². The summed E-state index contributed by atoms with van der Waals surface area (Å²) < 4.78 is 1.77. The molecule has 5 heteroatoms. The first-order valence-electron chi connectivity index (χ1n) is 6.48. The van der Waals surface area contributed by atoms with Crippen LogP contribution in [0.5, 0.6) is 0 Å². The molecule has 98 valence electrons. The van der Waals surface area contributed by atoms with Gasteiger partial charge in [-0.15, -0.1) is 0 Å². The van der Waals surface area contributed by atoms with Gasteiger partial charge in [0.25, 0.3) is 5.78 Å². The van der Waals surface area contributed by atoms with Crippen molar-refractivity contribution in [2.45, 2.75) is 13.8 Å². The minimum atomic E-state index is 0.626. The lowest BCUT2D eigenvalue weighted by molar-refractivity contribution is 0.938. The quantitative estimate of drug-likeness (QED) is 0.574. The van der Waals surface area contributed by atoms with Crippen molar-refractivity contribution in [3.8, 4) is 11.3 Å². The van der Waals surface area contributed by atoms with E-state index >= 15 is 0 Å². The SMILES string of the molecule is Cc1ccc2c(-c3cc(C)nc4ncnn34)c[nH]c2c1. The van der Waals surface area contributed by atoms with Crippen molar-refractivity contribution in [1.82, 2.24) is 24.6 Å². The van der Waals surface area contributed by atoms with Crippen molar-refractivity contribution in [1.29, 1.82) is 0 Å². The summed E-state index contributed by atoms with van der Waals surface area (Å²) in [4.78, 5) is 11.9. The first-order valence-corrected chi connectivity index (χ1v) is 6.48. The summed E-state index contributed by atoms with van der Waals surface area (Å²) in [5.41, 5.74) is 5.41. The van der Waals surface area contributed by atoms with Crippen LogP contribution in [0.15, 0.2) is 36.8 Å². The number of aromatic nitrogens is 5. The van der Waals surface area contributed by atoms with Gasteiger partial charge in [-0.1, -0.05) is 12.1 Å². The molecule has 1 N–H and O–H groups in total. The molecule has 0 aliphatic carbocycles. The third-order valence-electron chi connectivity index (χ3n) is 3.49. The first-order chi connectivity index (χ1) is 9.72. The molecular weight excluding hydrogens is 250 g/mol. The minimum Gasteiger partial charge on any atom is -0.360 e. The van der Waals surface area contributed by atoms with Crippen molar-refractivity contribution in [2.24, 2.45) is 0 Å². The Bertz CT molecular complexity index is 932. The van der Waals surface area contributed by atoms with E-state index in [0.717, 1.165) is 22.5 Å². The highest BCUT2D eigenvalue weighted by molar-refractivity contribution is 5.95. The molecule has 0 unspecified atom stereocenters. The van der Waals surface area contributed by atoms with Gasteiger partial charge in [0.05, 0.1) is 5.69 Å². The van der Waals surface area contributed by atoms with Crippen LogP contribution in [0, 0.1) is 13.8 Å². The highest BCUT2D eigenvalue weighted by Crippen LogP contribution is 2.29. The van der Waals surface area contributed by atoms with Crippen LogP contribution >= 0.6 is 0 Å². The van der Waals surface area contributed by atoms with E-state index in [1.807, 2.05) is 19.2 Å². The van der Waals surface area contributed by atoms with Gasteiger partial charge in [0.1, 0.15) is 6.33 Å². The molecule has 0 bridgehead atoms. The Morgan fingerprint density at radius 3 is 2.95 bits per heavy atom. The fraction of sp³-hybridized carbons (Fsp3) is 0.133. The van der Waals surface area contributed by atoms with Crippen LogP contribution in [0.25, 0.3) is 27.9 Å². The first kappa shape index (κ1) is 11.2. The van der Waals surface area contributed by atoms with E-state index in [0.29, 0.717) is 5.78 Å². The summed E-state index contributed by atoms with van der Waals surface area (Å²) in [6, 6.07) is 8.43. The largest absolute Gasteiger partial charge is 0.360 e. The second kappa shape index (κ2) is 3.90. The van der Waals surface area contributed by atoms with Crippen molar-refractivity contribution in [3.63, 3.8) is 0 Å². The van der Waals surface area contributed by atoms with Crippen molar-refractivity contribution in [3.05, 3.63) is 48.0 Å². The van der Waals surface area contributed by atoms with Gasteiger partial charge in [-0.3, -0.25) is 0 Å². The summed E-state index contributed by atoms with van der Waals surface area (Å²) in [5.74, 6) is 0.626. The standard InChI is InChI=1S/C15H13N5/c1-9-3-4-11-12(7-16-13(11)5-9)14-6-10(2)19-15-17-8-18-20(14)15/h3-8,16H,1-2H3. The summed E-state index contributed by atoms with van der Waals surface area (Å²) >= 11 is 0. The molecule has 0 saturated carbocycles. The molecule has 4 aromatic rings. The van der Waals surface area contributed by atoms with Crippen molar-refractivity contribution in [2.75, 3.05) is 0 Å². The van der Waals surface area contributed by atoms with E-state index in [-0.39, 0.29) is 0 Å². The Kier molecular flexibility index (Phi) is 2.18. The van der Waals surface area contributed by atoms with Crippen LogP contribution in [-0.2, 0) is 0 Å². The predicted molar refractivity (Wildman–Crippen MR) is 77.5 cm³/mol. The van der Waals surface area contributed by atoms with E-state index in [1.54, 1.807) is 4.52 Å². The summed E-state index contributed by atoms with van der Waals surface area (Å²) in [6.45, 7) is 4.06. The van der Waals surface area contributed by atoms with Gasteiger partial charge in [0.15, 0.2) is 0 Å². The number of aryl methyl sites for hydroxylation is 2. The van der Waals surface area contributed by atoms with Crippen molar-refractivity contribution < 1.29 is 0 Å². The smallest absolute Gasteiger partial charge is 0.252 e. The summed E-state index contributed by atoms with van der Waals surface area (Å²) in [7, 11) is 0. The van der Waals surface area contributed by atoms with E-state index in [2.05, 4.69) is 45.2 Å². The molecule has 1 aromatic carbocycles. The molecule has 4 rings (SSSR count). The molecular formula is C15H13N5. The predicted octanol–water partition coefficient (Wildman–Crippen LogP) is 2.89. The van der Waals surface area contributed by atoms with Crippen LogP contribution in [-0.4, -0.2) is 24.6 Å². The molecule has 0 fully saturated rings. The highest BCUT2D eigenvalue weighted by atomic mass is 15.3. The molecule has 0 aliphatic heterocycles. The number of hydrogen-bond donors (Lipinski definition) is 1. The van der Waals surface area contributed by atoms with E-state index < -0.39 is 0 Å². The minimum absolute atomic E-state index is 0.626. The Morgan fingerprint density at radius 2 is 2.05 bits per heavy atom. The topological polar surface area (TPSA) is 58.9 Å². The maximum atomic E-state index is 4.38. The maximum absolute atomic E-state index is 4.38. The maximum Gasteiger partial charge on any atom is 0.252 e. The molecule has 0 atom stereocenters. The van der Waals surface area contributed by atoms with Gasteiger partial charge in [0, 0.05) is 28.4 Å². The summed E-state index contributed by atoms with van der Waals surface area (Å²) in [6.07, 6.45) is 3.55. The highest BCUT2D eigenvalue weighted by Gasteiger charge is 2.12. The second-order valence-corrected chi connectivity index (χ2v) is 5.01. The zero-order valence-corrected chi connectivity index (χ0v) is 11.3. The Labute approximate surface area is 115 Å². The van der Waals surface area contributed by atoms with Crippen LogP contribution in [0.1, 0.15) is 11.3 Å². The molecule has 0 amide bonds. The van der Waals surface area contributed by atoms with Gasteiger partial charge in [0.2, 0.25) is 0 Å². The lowest BCUT2D eigenvalue weighted by Crippen LogP contribution is -1.98. The Morgan fingerprint density at radius 1 is 1.15 bits per heavy atom. The molecule has 3 aromatic heterocycles. The number of hydrogen-bond acceptors (Lipinski definition) is 3. The van der Waals surface area contributed by atoms with Gasteiger partial charge in [-0.2, -0.15) is 14.6 Å². The van der Waals surface area contributed by atoms with Crippen LogP contribution in [0.2, 0.25) is 0 Å². The van der Waals surface area contributed by atoms with Gasteiger partial charge in [-0.25, -0.2) is 4.98 Å². The number of nitrogens with zero attached hydrogens (tertiary/aromatic N) is 4. The molecule has 0 spiro atoms. The number of aromatic amines is 1. The lowest BCUT2D eigenvalue weighted by atomic mass is 10.1. The lowest BCUT2D eigenvalue weighted by Gasteiger charge is -2.04. The zero-order valence-electron chi connectivity index (χ0n) is 11.3.